The number of nitrogens with zero attached hydrogens (tertiary/aromatic N) is 2. The molecule has 19 heavy (non-hydrogen) atoms. The Bertz CT molecular complexity index is 565. The number of hydrogen-bond donors (Lipinski definition) is 1. The minimum Gasteiger partial charge on any atom is -0.493 e. The highest BCUT2D eigenvalue weighted by atomic mass is 16.5. The molecule has 1 aliphatic heterocycles. The van der Waals surface area contributed by atoms with Gasteiger partial charge in [-0.15, -0.1) is 0 Å². The molecule has 0 saturated heterocycles. The van der Waals surface area contributed by atoms with E-state index in [1.54, 1.807) is 0 Å². The number of aliphatic hydroxyl groups excluding tert-OH is 1. The highest BCUT2D eigenvalue weighted by molar-refractivity contribution is 5.40. The van der Waals surface area contributed by atoms with E-state index in [4.69, 9.17) is 4.74 Å². The van der Waals surface area contributed by atoms with Crippen LogP contribution in [0.4, 0.5) is 0 Å². The van der Waals surface area contributed by atoms with E-state index in [0.717, 1.165) is 23.4 Å². The van der Waals surface area contributed by atoms with Crippen molar-refractivity contribution in [2.45, 2.75) is 31.9 Å². The summed E-state index contributed by atoms with van der Waals surface area (Å²) in [6, 6.07) is 7.93. The molecular weight excluding hydrogens is 240 g/mol. The largest absolute Gasteiger partial charge is 0.493 e. The molecule has 2 unspecified atom stereocenters. The zero-order valence-electron chi connectivity index (χ0n) is 11.0. The first-order valence-corrected chi connectivity index (χ1v) is 6.69. The molecule has 4 nitrogen and oxygen atoms in total. The number of aliphatic hydroxyl groups is 1. The van der Waals surface area contributed by atoms with E-state index in [9.17, 15) is 5.11 Å². The first kappa shape index (κ1) is 12.2. The summed E-state index contributed by atoms with van der Waals surface area (Å²) in [5, 5.41) is 14.6. The summed E-state index contributed by atoms with van der Waals surface area (Å²) >= 11 is 0. The van der Waals surface area contributed by atoms with Crippen LogP contribution in [0, 0.1) is 0 Å². The number of para-hydroxylation sites is 1. The van der Waals surface area contributed by atoms with Gasteiger partial charge < -0.3 is 9.84 Å². The monoisotopic (exact) mass is 258 g/mol. The second-order valence-electron chi connectivity index (χ2n) is 4.93. The first-order valence-electron chi connectivity index (χ1n) is 6.69. The highest BCUT2D eigenvalue weighted by Gasteiger charge is 2.30. The Hall–Kier alpha value is -1.81. The second-order valence-corrected chi connectivity index (χ2v) is 4.93. The number of rotatable bonds is 4. The van der Waals surface area contributed by atoms with Crippen LogP contribution in [-0.4, -0.2) is 27.6 Å². The van der Waals surface area contributed by atoms with Gasteiger partial charge in [0.25, 0.3) is 0 Å². The molecule has 2 aromatic rings. The fraction of sp³-hybridized carbons (Fsp3) is 0.400. The van der Waals surface area contributed by atoms with Crippen LogP contribution < -0.4 is 4.74 Å². The van der Waals surface area contributed by atoms with Crippen LogP contribution in [0.15, 0.2) is 36.7 Å². The quantitative estimate of drug-likeness (QED) is 0.912. The summed E-state index contributed by atoms with van der Waals surface area (Å²) in [6.07, 6.45) is 4.00. The van der Waals surface area contributed by atoms with Gasteiger partial charge in [-0.05, 0) is 18.6 Å². The smallest absolute Gasteiger partial charge is 0.123 e. The Morgan fingerprint density at radius 2 is 2.32 bits per heavy atom. The van der Waals surface area contributed by atoms with Gasteiger partial charge in [-0.1, -0.05) is 18.2 Å². The van der Waals surface area contributed by atoms with Crippen molar-refractivity contribution in [1.82, 2.24) is 9.78 Å². The summed E-state index contributed by atoms with van der Waals surface area (Å²) in [7, 11) is 0. The number of aryl methyl sites for hydroxylation is 1. The second kappa shape index (κ2) is 5.05. The number of ether oxygens (including phenoxy) is 1. The van der Waals surface area contributed by atoms with Crippen LogP contribution in [-0.2, 0) is 13.0 Å². The predicted molar refractivity (Wildman–Crippen MR) is 72.3 cm³/mol. The molecule has 0 amide bonds. The SMILES string of the molecule is CCn1cc(CC(O)C2COc3ccccc32)cn1. The molecule has 0 fully saturated rings. The Morgan fingerprint density at radius 3 is 3.11 bits per heavy atom. The molecule has 0 radical (unpaired) electrons. The van der Waals surface area contributed by atoms with Gasteiger partial charge in [-0.2, -0.15) is 5.10 Å². The summed E-state index contributed by atoms with van der Waals surface area (Å²) < 4.78 is 7.49. The van der Waals surface area contributed by atoms with Crippen LogP contribution in [0.25, 0.3) is 0 Å². The lowest BCUT2D eigenvalue weighted by Gasteiger charge is -2.16. The zero-order valence-corrected chi connectivity index (χ0v) is 11.0. The number of aromatic nitrogens is 2. The number of benzene rings is 1. The maximum Gasteiger partial charge on any atom is 0.123 e. The fourth-order valence-electron chi connectivity index (χ4n) is 2.57. The molecular formula is C15H18N2O2. The van der Waals surface area contributed by atoms with Crippen LogP contribution in [0.5, 0.6) is 5.75 Å². The predicted octanol–water partition coefficient (Wildman–Crippen LogP) is 1.98. The summed E-state index contributed by atoms with van der Waals surface area (Å²) in [4.78, 5) is 0. The average molecular weight is 258 g/mol. The normalized spacial score (nSPS) is 18.9. The number of fused-ring (bicyclic) bond motifs is 1. The van der Waals surface area contributed by atoms with Crippen molar-refractivity contribution < 1.29 is 9.84 Å². The molecule has 3 rings (SSSR count). The van der Waals surface area contributed by atoms with Crippen molar-refractivity contribution in [2.24, 2.45) is 0 Å². The average Bonchev–Trinajstić information content (AvgIpc) is 3.04. The van der Waals surface area contributed by atoms with Gasteiger partial charge >= 0.3 is 0 Å². The molecule has 1 aromatic heterocycles. The lowest BCUT2D eigenvalue weighted by molar-refractivity contribution is 0.129. The van der Waals surface area contributed by atoms with Crippen molar-refractivity contribution in [3.8, 4) is 5.75 Å². The first-order chi connectivity index (χ1) is 9.28. The number of hydrogen-bond acceptors (Lipinski definition) is 3. The van der Waals surface area contributed by atoms with E-state index >= 15 is 0 Å². The molecule has 0 saturated carbocycles. The van der Waals surface area contributed by atoms with Crippen molar-refractivity contribution in [2.75, 3.05) is 6.61 Å². The van der Waals surface area contributed by atoms with Crippen LogP contribution in [0.2, 0.25) is 0 Å². The molecule has 0 aliphatic carbocycles. The maximum atomic E-state index is 10.4. The third-order valence-electron chi connectivity index (χ3n) is 3.66. The van der Waals surface area contributed by atoms with Crippen LogP contribution in [0.3, 0.4) is 0 Å². The Kier molecular flexibility index (Phi) is 3.25. The van der Waals surface area contributed by atoms with Gasteiger partial charge in [0, 0.05) is 30.6 Å². The van der Waals surface area contributed by atoms with Gasteiger partial charge in [0.15, 0.2) is 0 Å². The topological polar surface area (TPSA) is 47.3 Å². The zero-order chi connectivity index (χ0) is 13.2. The Labute approximate surface area is 112 Å². The van der Waals surface area contributed by atoms with Crippen molar-refractivity contribution >= 4 is 0 Å². The molecule has 1 N–H and O–H groups in total. The summed E-state index contributed by atoms with van der Waals surface area (Å²) in [5.74, 6) is 0.956. The third kappa shape index (κ3) is 2.36. The standard InChI is InChI=1S/C15H18N2O2/c1-2-17-9-11(8-16-17)7-14(18)13-10-19-15-6-4-3-5-12(13)15/h3-6,8-9,13-14,18H,2,7,10H2,1H3. The molecule has 4 heteroatoms. The Balaban J connectivity index is 1.73. The lowest BCUT2D eigenvalue weighted by Crippen LogP contribution is -2.22. The van der Waals surface area contributed by atoms with Crippen molar-refractivity contribution in [3.63, 3.8) is 0 Å². The van der Waals surface area contributed by atoms with E-state index in [1.165, 1.54) is 0 Å². The van der Waals surface area contributed by atoms with Crippen molar-refractivity contribution in [3.05, 3.63) is 47.8 Å². The molecule has 100 valence electrons. The minimum absolute atomic E-state index is 0.0566. The van der Waals surface area contributed by atoms with Gasteiger partial charge in [0.05, 0.1) is 18.9 Å². The molecule has 2 heterocycles. The third-order valence-corrected chi connectivity index (χ3v) is 3.66. The van der Waals surface area contributed by atoms with Gasteiger partial charge in [0.2, 0.25) is 0 Å². The van der Waals surface area contributed by atoms with E-state index in [0.29, 0.717) is 13.0 Å². The molecule has 2 atom stereocenters. The molecule has 0 spiro atoms. The maximum absolute atomic E-state index is 10.4. The van der Waals surface area contributed by atoms with Gasteiger partial charge in [0.1, 0.15) is 5.75 Å². The summed E-state index contributed by atoms with van der Waals surface area (Å²) in [5.41, 5.74) is 2.18. The minimum atomic E-state index is -0.432. The van der Waals surface area contributed by atoms with E-state index in [1.807, 2.05) is 48.3 Å². The van der Waals surface area contributed by atoms with Crippen LogP contribution >= 0.6 is 0 Å². The van der Waals surface area contributed by atoms with E-state index in [2.05, 4.69) is 5.10 Å². The molecule has 0 bridgehead atoms. The van der Waals surface area contributed by atoms with Gasteiger partial charge in [-0.25, -0.2) is 0 Å². The molecule has 1 aromatic carbocycles. The van der Waals surface area contributed by atoms with Gasteiger partial charge in [-0.3, -0.25) is 4.68 Å². The lowest BCUT2D eigenvalue weighted by atomic mass is 9.92. The van der Waals surface area contributed by atoms with E-state index < -0.39 is 6.10 Å². The Morgan fingerprint density at radius 1 is 1.47 bits per heavy atom. The highest BCUT2D eigenvalue weighted by Crippen LogP contribution is 2.36. The van der Waals surface area contributed by atoms with Crippen molar-refractivity contribution in [1.29, 1.82) is 0 Å². The van der Waals surface area contributed by atoms with E-state index in [-0.39, 0.29) is 5.92 Å². The van der Waals surface area contributed by atoms with Crippen LogP contribution in [0.1, 0.15) is 24.0 Å². The summed E-state index contributed by atoms with van der Waals surface area (Å²) in [6.45, 7) is 3.46. The molecule has 1 aliphatic rings. The fourth-order valence-corrected chi connectivity index (χ4v) is 2.57.